The van der Waals surface area contributed by atoms with Crippen LogP contribution >= 0.6 is 34.8 Å². The number of rotatable bonds is 8. The summed E-state index contributed by atoms with van der Waals surface area (Å²) in [7, 11) is -4.33. The summed E-state index contributed by atoms with van der Waals surface area (Å²) in [6.45, 7) is -0.270. The number of amides is 2. The van der Waals surface area contributed by atoms with Crippen LogP contribution in [-0.2, 0) is 19.6 Å². The summed E-state index contributed by atoms with van der Waals surface area (Å²) in [5.41, 5.74) is 0.111. The summed E-state index contributed by atoms with van der Waals surface area (Å²) >= 11 is 17.9. The number of nitrogens with zero attached hydrogens (tertiary/aromatic N) is 3. The molecule has 1 aromatic heterocycles. The van der Waals surface area contributed by atoms with Crippen LogP contribution in [-0.4, -0.2) is 70.8 Å². The number of sulfonamides is 1. The Bertz CT molecular complexity index is 1350. The number of nitrogens with one attached hydrogen (secondary N) is 1. The standard InChI is InChI=1S/C25H27Cl3N4O6S/c26-18-8-7-17(12-19(18)27)39(37,38)32-11-10-31(25(36)16-6-9-21(28)29-14-16)24(32)23(35)30-20(13-22(33)34)15-4-2-1-3-5-15/h6-9,12,14-15,20,24H,1-5,10-11,13H2,(H,30,35)(H,33,34). The number of carboxylic acids is 1. The Balaban J connectivity index is 1.70. The highest BCUT2D eigenvalue weighted by atomic mass is 35.5. The van der Waals surface area contributed by atoms with Gasteiger partial charge in [0.15, 0.2) is 6.17 Å². The number of hydrogen-bond donors (Lipinski definition) is 2. The third kappa shape index (κ3) is 6.66. The van der Waals surface area contributed by atoms with Gasteiger partial charge in [0, 0.05) is 25.3 Å². The second-order valence-corrected chi connectivity index (χ2v) is 12.6. The van der Waals surface area contributed by atoms with Crippen LogP contribution in [0.1, 0.15) is 48.9 Å². The molecular formula is C25H27Cl3N4O6S. The van der Waals surface area contributed by atoms with E-state index in [4.69, 9.17) is 34.8 Å². The summed E-state index contributed by atoms with van der Waals surface area (Å²) < 4.78 is 28.3. The van der Waals surface area contributed by atoms with Gasteiger partial charge in [-0.3, -0.25) is 14.4 Å². The van der Waals surface area contributed by atoms with E-state index in [9.17, 15) is 27.9 Å². The molecule has 0 radical (unpaired) electrons. The second kappa shape index (κ2) is 12.4. The number of pyridine rings is 1. The topological polar surface area (TPSA) is 137 Å². The number of halogens is 3. The van der Waals surface area contributed by atoms with E-state index in [0.29, 0.717) is 0 Å². The number of hydrogen-bond acceptors (Lipinski definition) is 6. The fourth-order valence-corrected chi connectivity index (χ4v) is 7.15. The van der Waals surface area contributed by atoms with Crippen LogP contribution < -0.4 is 5.32 Å². The van der Waals surface area contributed by atoms with Gasteiger partial charge in [-0.05, 0) is 49.1 Å². The zero-order valence-electron chi connectivity index (χ0n) is 20.7. The molecule has 1 aliphatic heterocycles. The predicted molar refractivity (Wildman–Crippen MR) is 145 cm³/mol. The molecule has 10 nitrogen and oxygen atoms in total. The van der Waals surface area contributed by atoms with Gasteiger partial charge < -0.3 is 15.3 Å². The van der Waals surface area contributed by atoms with E-state index in [1.807, 2.05) is 0 Å². The Morgan fingerprint density at radius 2 is 1.74 bits per heavy atom. The normalized spacial score (nSPS) is 19.6. The molecule has 2 fully saturated rings. The molecule has 0 spiro atoms. The molecule has 2 N–H and O–H groups in total. The van der Waals surface area contributed by atoms with Crippen molar-refractivity contribution in [3.8, 4) is 0 Å². The Kier molecular flexibility index (Phi) is 9.38. The molecule has 210 valence electrons. The number of benzene rings is 1. The SMILES string of the molecule is O=C(O)CC(NC(=O)C1N(C(=O)c2ccc(Cl)nc2)CCN1S(=O)(=O)c1ccc(Cl)c(Cl)c1)C1CCCCC1. The molecule has 2 aliphatic rings. The molecule has 1 saturated heterocycles. The van der Waals surface area contributed by atoms with Crippen molar-refractivity contribution in [2.24, 2.45) is 5.92 Å². The van der Waals surface area contributed by atoms with E-state index in [-0.39, 0.29) is 51.1 Å². The minimum Gasteiger partial charge on any atom is -0.481 e. The third-order valence-electron chi connectivity index (χ3n) is 7.04. The van der Waals surface area contributed by atoms with Crippen LogP contribution in [0.2, 0.25) is 15.2 Å². The van der Waals surface area contributed by atoms with Gasteiger partial charge >= 0.3 is 5.97 Å². The molecular weight excluding hydrogens is 591 g/mol. The summed E-state index contributed by atoms with van der Waals surface area (Å²) in [5, 5.41) is 12.6. The van der Waals surface area contributed by atoms with Crippen LogP contribution in [0.3, 0.4) is 0 Å². The van der Waals surface area contributed by atoms with Gasteiger partial charge in [-0.15, -0.1) is 0 Å². The minimum atomic E-state index is -4.33. The first-order valence-electron chi connectivity index (χ1n) is 12.4. The molecule has 14 heteroatoms. The van der Waals surface area contributed by atoms with Crippen molar-refractivity contribution in [3.63, 3.8) is 0 Å². The fraction of sp³-hybridized carbons (Fsp3) is 0.440. The average Bonchev–Trinajstić information content (AvgIpc) is 3.36. The summed E-state index contributed by atoms with van der Waals surface area (Å²) in [6, 6.07) is 5.89. The van der Waals surface area contributed by atoms with Gasteiger partial charge in [-0.1, -0.05) is 54.1 Å². The average molecular weight is 618 g/mol. The molecule has 2 aromatic rings. The Morgan fingerprint density at radius 1 is 1.03 bits per heavy atom. The monoisotopic (exact) mass is 616 g/mol. The van der Waals surface area contributed by atoms with E-state index < -0.39 is 40.0 Å². The fourth-order valence-electron chi connectivity index (χ4n) is 5.10. The van der Waals surface area contributed by atoms with Crippen LogP contribution in [0, 0.1) is 5.92 Å². The Hall–Kier alpha value is -2.44. The highest BCUT2D eigenvalue weighted by Crippen LogP contribution is 2.32. The maximum Gasteiger partial charge on any atom is 0.305 e. The van der Waals surface area contributed by atoms with Gasteiger partial charge in [0.1, 0.15) is 5.15 Å². The Morgan fingerprint density at radius 3 is 2.36 bits per heavy atom. The molecule has 2 amide bonds. The van der Waals surface area contributed by atoms with Crippen LogP contribution in [0.15, 0.2) is 41.4 Å². The molecule has 2 atom stereocenters. The van der Waals surface area contributed by atoms with Gasteiger partial charge in [0.05, 0.1) is 26.9 Å². The van der Waals surface area contributed by atoms with Gasteiger partial charge in [0.2, 0.25) is 10.0 Å². The lowest BCUT2D eigenvalue weighted by Crippen LogP contribution is -2.56. The number of aromatic nitrogens is 1. The first-order valence-corrected chi connectivity index (χ1v) is 15.0. The van der Waals surface area contributed by atoms with Crippen molar-refractivity contribution in [2.75, 3.05) is 13.1 Å². The molecule has 1 aromatic carbocycles. The lowest BCUT2D eigenvalue weighted by atomic mass is 9.82. The number of carbonyl (C=O) groups is 3. The van der Waals surface area contributed by atoms with Crippen molar-refractivity contribution in [1.82, 2.24) is 19.5 Å². The Labute approximate surface area is 241 Å². The van der Waals surface area contributed by atoms with Crippen molar-refractivity contribution in [3.05, 3.63) is 57.3 Å². The smallest absolute Gasteiger partial charge is 0.305 e. The molecule has 1 saturated carbocycles. The van der Waals surface area contributed by atoms with E-state index in [2.05, 4.69) is 10.3 Å². The van der Waals surface area contributed by atoms with Crippen molar-refractivity contribution < 1.29 is 27.9 Å². The first-order chi connectivity index (χ1) is 18.5. The highest BCUT2D eigenvalue weighted by molar-refractivity contribution is 7.89. The maximum atomic E-state index is 13.8. The number of aliphatic carboxylic acids is 1. The van der Waals surface area contributed by atoms with Gasteiger partial charge in [-0.2, -0.15) is 4.31 Å². The number of carboxylic acid groups (broad SMARTS) is 1. The summed E-state index contributed by atoms with van der Waals surface area (Å²) in [5.74, 6) is -2.58. The van der Waals surface area contributed by atoms with E-state index >= 15 is 0 Å². The second-order valence-electron chi connectivity index (χ2n) is 9.54. The van der Waals surface area contributed by atoms with Crippen LogP contribution in [0.5, 0.6) is 0 Å². The van der Waals surface area contributed by atoms with E-state index in [1.54, 1.807) is 0 Å². The maximum absolute atomic E-state index is 13.8. The third-order valence-corrected chi connectivity index (χ3v) is 9.85. The lowest BCUT2D eigenvalue weighted by molar-refractivity contribution is -0.138. The largest absolute Gasteiger partial charge is 0.481 e. The minimum absolute atomic E-state index is 0.0110. The number of carbonyl (C=O) groups excluding carboxylic acids is 2. The van der Waals surface area contributed by atoms with E-state index in [0.717, 1.165) is 41.3 Å². The highest BCUT2D eigenvalue weighted by Gasteiger charge is 2.47. The molecule has 2 heterocycles. The van der Waals surface area contributed by atoms with Crippen molar-refractivity contribution in [2.45, 2.75) is 55.6 Å². The quantitative estimate of drug-likeness (QED) is 0.426. The van der Waals surface area contributed by atoms with Crippen molar-refractivity contribution >= 4 is 62.6 Å². The molecule has 1 aliphatic carbocycles. The van der Waals surface area contributed by atoms with Gasteiger partial charge in [0.25, 0.3) is 11.8 Å². The van der Waals surface area contributed by atoms with E-state index in [1.165, 1.54) is 36.5 Å². The summed E-state index contributed by atoms with van der Waals surface area (Å²) in [6.07, 6.45) is 3.68. The molecule has 0 bridgehead atoms. The van der Waals surface area contributed by atoms with Crippen LogP contribution in [0.25, 0.3) is 0 Å². The van der Waals surface area contributed by atoms with Crippen LogP contribution in [0.4, 0.5) is 0 Å². The van der Waals surface area contributed by atoms with Crippen molar-refractivity contribution in [1.29, 1.82) is 0 Å². The zero-order valence-corrected chi connectivity index (χ0v) is 23.8. The predicted octanol–water partition coefficient (Wildman–Crippen LogP) is 4.05. The molecule has 4 rings (SSSR count). The first kappa shape index (κ1) is 29.5. The van der Waals surface area contributed by atoms with Gasteiger partial charge in [-0.25, -0.2) is 13.4 Å². The lowest BCUT2D eigenvalue weighted by Gasteiger charge is -2.34. The molecule has 39 heavy (non-hydrogen) atoms. The molecule has 2 unspecified atom stereocenters. The summed E-state index contributed by atoms with van der Waals surface area (Å²) in [4.78, 5) is 43.7. The zero-order chi connectivity index (χ0) is 28.3.